The van der Waals surface area contributed by atoms with Crippen molar-refractivity contribution >= 4 is 40.7 Å². The largest absolute Gasteiger partial charge is 0.347 e. The summed E-state index contributed by atoms with van der Waals surface area (Å²) in [7, 11) is 0. The summed E-state index contributed by atoms with van der Waals surface area (Å²) in [5, 5.41) is 14.5. The summed E-state index contributed by atoms with van der Waals surface area (Å²) in [5.41, 5.74) is 1.83. The second kappa shape index (κ2) is 9.80. The monoisotopic (exact) mass is 467 g/mol. The van der Waals surface area contributed by atoms with Crippen LogP contribution in [0.3, 0.4) is 0 Å². The van der Waals surface area contributed by atoms with Crippen molar-refractivity contribution in [1.82, 2.24) is 25.2 Å². The molecule has 2 aromatic heterocycles. The summed E-state index contributed by atoms with van der Waals surface area (Å²) in [6, 6.07) is 18.8. The van der Waals surface area contributed by atoms with Crippen molar-refractivity contribution in [3.05, 3.63) is 99.9 Å². The van der Waals surface area contributed by atoms with E-state index in [1.807, 2.05) is 54.7 Å². The Balaban J connectivity index is 1.51. The molecule has 162 valence electrons. The molecule has 2 aromatic carbocycles. The van der Waals surface area contributed by atoms with Crippen LogP contribution in [0.2, 0.25) is 10.0 Å². The van der Waals surface area contributed by atoms with Crippen LogP contribution in [0.4, 0.5) is 0 Å². The first-order valence-electron chi connectivity index (χ1n) is 9.87. The van der Waals surface area contributed by atoms with E-state index in [1.165, 1.54) is 12.1 Å². The number of fused-ring (bicyclic) bond motifs is 1. The molecule has 1 unspecified atom stereocenters. The number of halogens is 2. The maximum absolute atomic E-state index is 13.0. The van der Waals surface area contributed by atoms with E-state index in [9.17, 15) is 9.59 Å². The fourth-order valence-corrected chi connectivity index (χ4v) is 3.76. The Bertz CT molecular complexity index is 1260. The van der Waals surface area contributed by atoms with Gasteiger partial charge in [0.1, 0.15) is 6.04 Å². The lowest BCUT2D eigenvalue weighted by Crippen LogP contribution is -2.48. The van der Waals surface area contributed by atoms with Gasteiger partial charge in [0.2, 0.25) is 5.91 Å². The quantitative estimate of drug-likeness (QED) is 0.433. The van der Waals surface area contributed by atoms with Gasteiger partial charge < -0.3 is 10.6 Å². The van der Waals surface area contributed by atoms with Crippen LogP contribution in [0.25, 0.3) is 5.65 Å². The van der Waals surface area contributed by atoms with E-state index < -0.39 is 11.9 Å². The third-order valence-electron chi connectivity index (χ3n) is 4.89. The van der Waals surface area contributed by atoms with Gasteiger partial charge in [0.25, 0.3) is 5.91 Å². The van der Waals surface area contributed by atoms with Crippen LogP contribution in [0.5, 0.6) is 0 Å². The van der Waals surface area contributed by atoms with E-state index >= 15 is 0 Å². The van der Waals surface area contributed by atoms with E-state index in [2.05, 4.69) is 20.8 Å². The summed E-state index contributed by atoms with van der Waals surface area (Å²) < 4.78 is 1.79. The van der Waals surface area contributed by atoms with Gasteiger partial charge in [-0.1, -0.05) is 59.6 Å². The Labute approximate surface area is 194 Å². The molecular formula is C23H19Cl2N5O2. The molecule has 4 aromatic rings. The number of carbonyl (C=O) groups is 2. The molecule has 0 fully saturated rings. The van der Waals surface area contributed by atoms with Crippen molar-refractivity contribution < 1.29 is 9.59 Å². The van der Waals surface area contributed by atoms with Crippen LogP contribution in [0, 0.1) is 0 Å². The lowest BCUT2D eigenvalue weighted by atomic mass is 10.0. The van der Waals surface area contributed by atoms with Gasteiger partial charge in [0.05, 0.1) is 17.1 Å². The van der Waals surface area contributed by atoms with E-state index in [0.717, 1.165) is 5.56 Å². The van der Waals surface area contributed by atoms with Crippen molar-refractivity contribution in [3.63, 3.8) is 0 Å². The Morgan fingerprint density at radius 3 is 2.53 bits per heavy atom. The van der Waals surface area contributed by atoms with E-state index in [1.54, 1.807) is 10.5 Å². The summed E-state index contributed by atoms with van der Waals surface area (Å²) in [6.07, 6.45) is 2.13. The Morgan fingerprint density at radius 1 is 0.969 bits per heavy atom. The second-order valence-electron chi connectivity index (χ2n) is 7.10. The van der Waals surface area contributed by atoms with Crippen molar-refractivity contribution in [2.45, 2.75) is 19.0 Å². The Morgan fingerprint density at radius 2 is 1.75 bits per heavy atom. The van der Waals surface area contributed by atoms with Crippen LogP contribution in [0.1, 0.15) is 21.7 Å². The number of nitrogens with one attached hydrogen (secondary N) is 2. The number of aromatic nitrogens is 3. The molecule has 4 rings (SSSR count). The predicted octanol–water partition coefficient (Wildman–Crippen LogP) is 3.69. The highest BCUT2D eigenvalue weighted by atomic mass is 35.5. The molecule has 1 atom stereocenters. The second-order valence-corrected chi connectivity index (χ2v) is 7.95. The third kappa shape index (κ3) is 5.07. The van der Waals surface area contributed by atoms with Gasteiger partial charge in [0.15, 0.2) is 11.5 Å². The zero-order chi connectivity index (χ0) is 22.5. The van der Waals surface area contributed by atoms with E-state index in [4.69, 9.17) is 23.2 Å². The number of pyridine rings is 1. The van der Waals surface area contributed by atoms with Gasteiger partial charge in [-0.05, 0) is 35.9 Å². The standard InChI is InChI=1S/C23H19Cl2N5O2/c24-16-9-10-17(18(25)13-16)22(31)27-19(12-15-6-2-1-3-7-15)23(32)26-14-21-29-28-20-8-4-5-11-30(20)21/h1-11,13,19H,12,14H2,(H,26,32)(H,27,31). The van der Waals surface area contributed by atoms with E-state index in [0.29, 0.717) is 22.9 Å². The Kier molecular flexibility index (Phi) is 6.68. The summed E-state index contributed by atoms with van der Waals surface area (Å²) in [5.74, 6) is -0.227. The molecule has 0 saturated carbocycles. The van der Waals surface area contributed by atoms with Crippen LogP contribution >= 0.6 is 23.2 Å². The maximum Gasteiger partial charge on any atom is 0.253 e. The molecule has 2 amide bonds. The Hall–Kier alpha value is -3.42. The number of amides is 2. The molecule has 0 aliphatic heterocycles. The van der Waals surface area contributed by atoms with Gasteiger partial charge in [-0.2, -0.15) is 0 Å². The molecule has 0 spiro atoms. The van der Waals surface area contributed by atoms with Gasteiger partial charge in [-0.3, -0.25) is 14.0 Å². The molecule has 0 saturated heterocycles. The summed E-state index contributed by atoms with van der Waals surface area (Å²) in [4.78, 5) is 25.9. The molecular weight excluding hydrogens is 449 g/mol. The first kappa shape index (κ1) is 21.8. The normalized spacial score (nSPS) is 11.8. The number of hydrogen-bond donors (Lipinski definition) is 2. The third-order valence-corrected chi connectivity index (χ3v) is 5.43. The SMILES string of the molecule is O=C(NC(Cc1ccccc1)C(=O)NCc1nnc2ccccn12)c1ccc(Cl)cc1Cl. The molecule has 0 radical (unpaired) electrons. The fraction of sp³-hybridized carbons (Fsp3) is 0.130. The minimum absolute atomic E-state index is 0.160. The summed E-state index contributed by atoms with van der Waals surface area (Å²) in [6.45, 7) is 0.160. The average molecular weight is 468 g/mol. The first-order chi connectivity index (χ1) is 15.5. The maximum atomic E-state index is 13.0. The molecule has 2 N–H and O–H groups in total. The minimum atomic E-state index is -0.823. The van der Waals surface area contributed by atoms with Crippen LogP contribution in [-0.4, -0.2) is 32.5 Å². The molecule has 9 heteroatoms. The number of benzene rings is 2. The molecule has 0 aliphatic carbocycles. The highest BCUT2D eigenvalue weighted by molar-refractivity contribution is 6.36. The molecule has 7 nitrogen and oxygen atoms in total. The number of nitrogens with zero attached hydrogens (tertiary/aromatic N) is 3. The lowest BCUT2D eigenvalue weighted by Gasteiger charge is -2.19. The molecule has 32 heavy (non-hydrogen) atoms. The van der Waals surface area contributed by atoms with Crippen LogP contribution < -0.4 is 10.6 Å². The minimum Gasteiger partial charge on any atom is -0.347 e. The van der Waals surface area contributed by atoms with Crippen molar-refractivity contribution in [2.75, 3.05) is 0 Å². The smallest absolute Gasteiger partial charge is 0.253 e. The van der Waals surface area contributed by atoms with Gasteiger partial charge in [-0.25, -0.2) is 0 Å². The van der Waals surface area contributed by atoms with Gasteiger partial charge in [-0.15, -0.1) is 10.2 Å². The van der Waals surface area contributed by atoms with Crippen molar-refractivity contribution in [1.29, 1.82) is 0 Å². The van der Waals surface area contributed by atoms with E-state index in [-0.39, 0.29) is 23.0 Å². The highest BCUT2D eigenvalue weighted by Crippen LogP contribution is 2.21. The number of rotatable bonds is 7. The molecule has 0 aliphatic rings. The zero-order valence-electron chi connectivity index (χ0n) is 16.8. The van der Waals surface area contributed by atoms with Crippen LogP contribution in [0.15, 0.2) is 72.9 Å². The molecule has 2 heterocycles. The highest BCUT2D eigenvalue weighted by Gasteiger charge is 2.23. The zero-order valence-corrected chi connectivity index (χ0v) is 18.3. The predicted molar refractivity (Wildman–Crippen MR) is 123 cm³/mol. The lowest BCUT2D eigenvalue weighted by molar-refractivity contribution is -0.123. The first-order valence-corrected chi connectivity index (χ1v) is 10.6. The molecule has 0 bridgehead atoms. The van der Waals surface area contributed by atoms with Crippen molar-refractivity contribution in [3.8, 4) is 0 Å². The van der Waals surface area contributed by atoms with Gasteiger partial charge >= 0.3 is 0 Å². The number of hydrogen-bond acceptors (Lipinski definition) is 4. The topological polar surface area (TPSA) is 88.4 Å². The number of carbonyl (C=O) groups excluding carboxylic acids is 2. The fourth-order valence-electron chi connectivity index (χ4n) is 3.27. The van der Waals surface area contributed by atoms with Gasteiger partial charge in [0, 0.05) is 17.6 Å². The van der Waals surface area contributed by atoms with Crippen LogP contribution in [-0.2, 0) is 17.8 Å². The average Bonchev–Trinajstić information content (AvgIpc) is 3.21. The van der Waals surface area contributed by atoms with Crippen molar-refractivity contribution in [2.24, 2.45) is 0 Å². The summed E-state index contributed by atoms with van der Waals surface area (Å²) >= 11 is 12.1.